The number of ether oxygens (including phenoxy) is 2. The van der Waals surface area contributed by atoms with Crippen LogP contribution in [0.4, 0.5) is 5.00 Å². The average molecular weight is 419 g/mol. The highest BCUT2D eigenvalue weighted by atomic mass is 32.1. The highest BCUT2D eigenvalue weighted by molar-refractivity contribution is 7.80. The van der Waals surface area contributed by atoms with Gasteiger partial charge in [0, 0.05) is 4.88 Å². The summed E-state index contributed by atoms with van der Waals surface area (Å²) in [5, 5.41) is 7.79. The Kier molecular flexibility index (Phi) is 6.91. The lowest BCUT2D eigenvalue weighted by molar-refractivity contribution is 0.0601. The molecule has 1 atom stereocenters. The van der Waals surface area contributed by atoms with Crippen LogP contribution < -0.4 is 15.4 Å². The van der Waals surface area contributed by atoms with E-state index in [1.807, 2.05) is 31.2 Å². The summed E-state index contributed by atoms with van der Waals surface area (Å²) in [6.45, 7) is 2.04. The van der Waals surface area contributed by atoms with Crippen LogP contribution in [0.25, 0.3) is 0 Å². The second-order valence-electron chi connectivity index (χ2n) is 6.86. The number of rotatable bonds is 5. The summed E-state index contributed by atoms with van der Waals surface area (Å²) in [6, 6.07) is 7.86. The zero-order valence-electron chi connectivity index (χ0n) is 16.5. The standard InChI is InChI=1S/C21H26N2O3S2/c1-13(14-8-7-9-15(12-14)25-2)22-21(27)23-19-18(20(24)26-3)16-10-5-4-6-11-17(16)28-19/h7-9,12-13H,4-6,10-11H2,1-3H3,(H2,22,23,27). The third-order valence-electron chi connectivity index (χ3n) is 4.98. The number of hydrogen-bond acceptors (Lipinski definition) is 5. The van der Waals surface area contributed by atoms with Crippen molar-refractivity contribution in [1.29, 1.82) is 0 Å². The van der Waals surface area contributed by atoms with Crippen LogP contribution in [0, 0.1) is 0 Å². The average Bonchev–Trinajstić information content (AvgIpc) is 2.87. The molecule has 150 valence electrons. The maximum absolute atomic E-state index is 12.4. The van der Waals surface area contributed by atoms with Crippen LogP contribution >= 0.6 is 23.6 Å². The van der Waals surface area contributed by atoms with Gasteiger partial charge in [-0.15, -0.1) is 11.3 Å². The van der Waals surface area contributed by atoms with Crippen molar-refractivity contribution in [2.45, 2.75) is 45.1 Å². The Labute approximate surface area is 175 Å². The van der Waals surface area contributed by atoms with Crippen LogP contribution in [-0.4, -0.2) is 25.3 Å². The minimum absolute atomic E-state index is 0.00513. The second kappa shape index (κ2) is 9.39. The van der Waals surface area contributed by atoms with Crippen molar-refractivity contribution in [3.8, 4) is 5.75 Å². The van der Waals surface area contributed by atoms with Gasteiger partial charge in [-0.3, -0.25) is 0 Å². The van der Waals surface area contributed by atoms with E-state index in [0.717, 1.165) is 47.6 Å². The Morgan fingerprint density at radius 2 is 2.00 bits per heavy atom. The van der Waals surface area contributed by atoms with Crippen molar-refractivity contribution >= 4 is 39.6 Å². The topological polar surface area (TPSA) is 59.6 Å². The number of thiocarbonyl (C=S) groups is 1. The third-order valence-corrected chi connectivity index (χ3v) is 6.41. The van der Waals surface area contributed by atoms with E-state index in [9.17, 15) is 4.79 Å². The van der Waals surface area contributed by atoms with Crippen LogP contribution in [0.3, 0.4) is 0 Å². The third kappa shape index (κ3) is 4.64. The summed E-state index contributed by atoms with van der Waals surface area (Å²) in [4.78, 5) is 13.7. The number of carbonyl (C=O) groups excluding carboxylic acids is 1. The summed E-state index contributed by atoms with van der Waals surface area (Å²) in [5.41, 5.74) is 2.83. The quantitative estimate of drug-likeness (QED) is 0.411. The van der Waals surface area contributed by atoms with E-state index in [1.165, 1.54) is 18.4 Å². The summed E-state index contributed by atoms with van der Waals surface area (Å²) in [6.07, 6.45) is 5.37. The summed E-state index contributed by atoms with van der Waals surface area (Å²) < 4.78 is 10.3. The van der Waals surface area contributed by atoms with Crippen LogP contribution in [0.1, 0.15) is 58.6 Å². The van der Waals surface area contributed by atoms with Crippen molar-refractivity contribution in [3.63, 3.8) is 0 Å². The predicted octanol–water partition coefficient (Wildman–Crippen LogP) is 4.86. The lowest BCUT2D eigenvalue weighted by Crippen LogP contribution is -2.31. The monoisotopic (exact) mass is 418 g/mol. The molecule has 0 spiro atoms. The van der Waals surface area contributed by atoms with E-state index in [4.69, 9.17) is 21.7 Å². The van der Waals surface area contributed by atoms with Gasteiger partial charge in [0.25, 0.3) is 0 Å². The maximum Gasteiger partial charge on any atom is 0.341 e. The molecular formula is C21H26N2O3S2. The normalized spacial score (nSPS) is 14.4. The number of thiophene rings is 1. The summed E-state index contributed by atoms with van der Waals surface area (Å²) in [7, 11) is 3.08. The number of hydrogen-bond donors (Lipinski definition) is 2. The first-order valence-electron chi connectivity index (χ1n) is 9.47. The van der Waals surface area contributed by atoms with Crippen molar-refractivity contribution in [2.75, 3.05) is 19.5 Å². The van der Waals surface area contributed by atoms with Crippen molar-refractivity contribution in [3.05, 3.63) is 45.8 Å². The fraction of sp³-hybridized carbons (Fsp3) is 0.429. The molecule has 1 unspecified atom stereocenters. The van der Waals surface area contributed by atoms with Crippen LogP contribution in [0.5, 0.6) is 5.75 Å². The molecule has 1 heterocycles. The first-order valence-corrected chi connectivity index (χ1v) is 10.7. The molecule has 2 N–H and O–H groups in total. The van der Waals surface area contributed by atoms with Gasteiger partial charge in [0.05, 0.1) is 25.8 Å². The number of benzene rings is 1. The molecule has 5 nitrogen and oxygen atoms in total. The molecule has 0 bridgehead atoms. The van der Waals surface area contributed by atoms with Crippen molar-refractivity contribution in [2.24, 2.45) is 0 Å². The Morgan fingerprint density at radius 1 is 1.21 bits per heavy atom. The molecular weight excluding hydrogens is 392 g/mol. The molecule has 0 radical (unpaired) electrons. The van der Waals surface area contributed by atoms with Crippen molar-refractivity contribution in [1.82, 2.24) is 5.32 Å². The highest BCUT2D eigenvalue weighted by Gasteiger charge is 2.26. The lowest BCUT2D eigenvalue weighted by atomic mass is 10.1. The first kappa shape index (κ1) is 20.6. The summed E-state index contributed by atoms with van der Waals surface area (Å²) >= 11 is 7.14. The van der Waals surface area contributed by atoms with Gasteiger partial charge in [0.1, 0.15) is 10.8 Å². The predicted molar refractivity (Wildman–Crippen MR) is 118 cm³/mol. The number of aryl methyl sites for hydroxylation is 1. The van der Waals surface area contributed by atoms with Gasteiger partial charge in [-0.1, -0.05) is 18.6 Å². The van der Waals surface area contributed by atoms with Crippen LogP contribution in [-0.2, 0) is 17.6 Å². The van der Waals surface area contributed by atoms with Crippen LogP contribution in [0.2, 0.25) is 0 Å². The molecule has 0 saturated carbocycles. The molecule has 1 aromatic carbocycles. The lowest BCUT2D eigenvalue weighted by Gasteiger charge is -2.18. The molecule has 1 aliphatic carbocycles. The van der Waals surface area contributed by atoms with E-state index in [2.05, 4.69) is 10.6 Å². The van der Waals surface area contributed by atoms with E-state index < -0.39 is 0 Å². The fourth-order valence-corrected chi connectivity index (χ4v) is 5.10. The van der Waals surface area contributed by atoms with Gasteiger partial charge in [0.2, 0.25) is 0 Å². The Balaban J connectivity index is 1.77. The van der Waals surface area contributed by atoms with Crippen LogP contribution in [0.15, 0.2) is 24.3 Å². The molecule has 0 saturated heterocycles. The number of fused-ring (bicyclic) bond motifs is 1. The maximum atomic E-state index is 12.4. The molecule has 3 rings (SSSR count). The smallest absolute Gasteiger partial charge is 0.341 e. The Bertz CT molecular complexity index is 863. The van der Waals surface area contributed by atoms with Gasteiger partial charge in [-0.25, -0.2) is 4.79 Å². The second-order valence-corrected chi connectivity index (χ2v) is 8.37. The summed E-state index contributed by atoms with van der Waals surface area (Å²) in [5.74, 6) is 0.505. The Morgan fingerprint density at radius 3 is 2.75 bits per heavy atom. The number of anilines is 1. The molecule has 7 heteroatoms. The van der Waals surface area contributed by atoms with Gasteiger partial charge < -0.3 is 20.1 Å². The molecule has 1 aliphatic rings. The van der Waals surface area contributed by atoms with Gasteiger partial charge in [-0.2, -0.15) is 0 Å². The number of methoxy groups -OCH3 is 2. The van der Waals surface area contributed by atoms with E-state index in [-0.39, 0.29) is 12.0 Å². The van der Waals surface area contributed by atoms with Crippen molar-refractivity contribution < 1.29 is 14.3 Å². The molecule has 0 amide bonds. The van der Waals surface area contributed by atoms with Gasteiger partial charge in [-0.05, 0) is 68.1 Å². The minimum Gasteiger partial charge on any atom is -0.497 e. The van der Waals surface area contributed by atoms with Gasteiger partial charge >= 0.3 is 5.97 Å². The largest absolute Gasteiger partial charge is 0.497 e. The molecule has 1 aromatic heterocycles. The Hall–Kier alpha value is -2.12. The molecule has 2 aromatic rings. The number of nitrogens with one attached hydrogen (secondary N) is 2. The molecule has 0 fully saturated rings. The van der Waals surface area contributed by atoms with Gasteiger partial charge in [0.15, 0.2) is 5.11 Å². The minimum atomic E-state index is -0.300. The number of esters is 1. The SMILES string of the molecule is COC(=O)c1c(NC(=S)NC(C)c2cccc(OC)c2)sc2c1CCCCC2. The molecule has 28 heavy (non-hydrogen) atoms. The molecule has 0 aliphatic heterocycles. The first-order chi connectivity index (χ1) is 13.5. The highest BCUT2D eigenvalue weighted by Crippen LogP contribution is 2.38. The van der Waals surface area contributed by atoms with E-state index in [1.54, 1.807) is 18.4 Å². The van der Waals surface area contributed by atoms with E-state index >= 15 is 0 Å². The zero-order valence-corrected chi connectivity index (χ0v) is 18.1. The zero-order chi connectivity index (χ0) is 20.1. The number of carbonyl (C=O) groups is 1. The van der Waals surface area contributed by atoms with E-state index in [0.29, 0.717) is 10.7 Å². The fourth-order valence-electron chi connectivity index (χ4n) is 3.48.